The lowest BCUT2D eigenvalue weighted by Crippen LogP contribution is -2.45. The highest BCUT2D eigenvalue weighted by Crippen LogP contribution is 2.22. The summed E-state index contributed by atoms with van der Waals surface area (Å²) in [5.74, 6) is 0.836. The number of benzene rings is 1. The van der Waals surface area contributed by atoms with Gasteiger partial charge in [0.25, 0.3) is 5.91 Å². The molecular formula is C19H23N3O3. The maximum atomic E-state index is 12.4. The van der Waals surface area contributed by atoms with Crippen molar-refractivity contribution in [3.05, 3.63) is 29.8 Å². The fourth-order valence-electron chi connectivity index (χ4n) is 3.43. The number of hydrogen-bond acceptors (Lipinski definition) is 4. The molecule has 2 aliphatic heterocycles. The van der Waals surface area contributed by atoms with Gasteiger partial charge in [0.2, 0.25) is 5.91 Å². The average Bonchev–Trinajstić information content (AvgIpc) is 3.21. The van der Waals surface area contributed by atoms with Crippen molar-refractivity contribution in [3.8, 4) is 11.8 Å². The SMILES string of the molecule is N#Cc1ccc(OCC(=O)N2CCC(C(=O)N3CCCC3)CC2)cc1. The highest BCUT2D eigenvalue weighted by atomic mass is 16.5. The zero-order valence-electron chi connectivity index (χ0n) is 14.3. The van der Waals surface area contributed by atoms with Crippen molar-refractivity contribution < 1.29 is 14.3 Å². The molecule has 2 heterocycles. The number of rotatable bonds is 4. The first kappa shape index (κ1) is 17.3. The van der Waals surface area contributed by atoms with Crippen molar-refractivity contribution >= 4 is 11.8 Å². The Morgan fingerprint density at radius 3 is 2.28 bits per heavy atom. The van der Waals surface area contributed by atoms with E-state index in [9.17, 15) is 9.59 Å². The van der Waals surface area contributed by atoms with Gasteiger partial charge in [0.1, 0.15) is 5.75 Å². The predicted octanol–water partition coefficient (Wildman–Crippen LogP) is 1.80. The van der Waals surface area contributed by atoms with Crippen LogP contribution in [-0.2, 0) is 9.59 Å². The molecule has 2 fully saturated rings. The molecule has 1 aromatic rings. The summed E-state index contributed by atoms with van der Waals surface area (Å²) in [5, 5.41) is 8.77. The van der Waals surface area contributed by atoms with E-state index in [1.807, 2.05) is 11.0 Å². The van der Waals surface area contributed by atoms with Gasteiger partial charge in [-0.2, -0.15) is 5.26 Å². The van der Waals surface area contributed by atoms with Gasteiger partial charge < -0.3 is 14.5 Å². The minimum atomic E-state index is -0.0589. The molecule has 0 spiro atoms. The van der Waals surface area contributed by atoms with Crippen molar-refractivity contribution in [2.45, 2.75) is 25.7 Å². The van der Waals surface area contributed by atoms with Gasteiger partial charge in [0.05, 0.1) is 11.6 Å². The molecule has 0 N–H and O–H groups in total. The van der Waals surface area contributed by atoms with E-state index in [4.69, 9.17) is 10.00 Å². The highest BCUT2D eigenvalue weighted by molar-refractivity contribution is 5.81. The fraction of sp³-hybridized carbons (Fsp3) is 0.526. The second-order valence-electron chi connectivity index (χ2n) is 6.61. The number of carbonyl (C=O) groups excluding carboxylic acids is 2. The Hall–Kier alpha value is -2.55. The molecule has 6 heteroatoms. The first-order valence-electron chi connectivity index (χ1n) is 8.87. The first-order valence-corrected chi connectivity index (χ1v) is 8.87. The van der Waals surface area contributed by atoms with Gasteiger partial charge in [0, 0.05) is 32.1 Å². The smallest absolute Gasteiger partial charge is 0.260 e. The summed E-state index contributed by atoms with van der Waals surface area (Å²) in [4.78, 5) is 28.4. The zero-order valence-corrected chi connectivity index (χ0v) is 14.3. The maximum Gasteiger partial charge on any atom is 0.260 e. The minimum absolute atomic E-state index is 0.0172. The average molecular weight is 341 g/mol. The van der Waals surface area contributed by atoms with E-state index < -0.39 is 0 Å². The summed E-state index contributed by atoms with van der Waals surface area (Å²) in [6.07, 6.45) is 3.68. The van der Waals surface area contributed by atoms with Gasteiger partial charge in [-0.15, -0.1) is 0 Å². The number of ether oxygens (including phenoxy) is 1. The number of hydrogen-bond donors (Lipinski definition) is 0. The second kappa shape index (κ2) is 8.02. The van der Waals surface area contributed by atoms with Crippen molar-refractivity contribution in [3.63, 3.8) is 0 Å². The Kier molecular flexibility index (Phi) is 5.54. The van der Waals surface area contributed by atoms with E-state index in [1.165, 1.54) is 0 Å². The third kappa shape index (κ3) is 4.30. The molecule has 25 heavy (non-hydrogen) atoms. The maximum absolute atomic E-state index is 12.4. The van der Waals surface area contributed by atoms with Crippen LogP contribution in [0.15, 0.2) is 24.3 Å². The third-order valence-corrected chi connectivity index (χ3v) is 4.96. The topological polar surface area (TPSA) is 73.6 Å². The van der Waals surface area contributed by atoms with E-state index in [-0.39, 0.29) is 24.3 Å². The Morgan fingerprint density at radius 2 is 1.68 bits per heavy atom. The minimum Gasteiger partial charge on any atom is -0.484 e. The largest absolute Gasteiger partial charge is 0.484 e. The predicted molar refractivity (Wildman–Crippen MR) is 91.8 cm³/mol. The summed E-state index contributed by atoms with van der Waals surface area (Å²) in [6.45, 7) is 2.98. The lowest BCUT2D eigenvalue weighted by Gasteiger charge is -2.33. The number of piperidine rings is 1. The van der Waals surface area contributed by atoms with Crippen molar-refractivity contribution in [2.75, 3.05) is 32.8 Å². The molecule has 6 nitrogen and oxygen atoms in total. The standard InChI is InChI=1S/C19H23N3O3/c20-13-15-3-5-17(6-4-15)25-14-18(23)21-11-7-16(8-12-21)19(24)22-9-1-2-10-22/h3-6,16H,1-2,7-12,14H2. The molecule has 0 radical (unpaired) electrons. The fourth-order valence-corrected chi connectivity index (χ4v) is 3.43. The Morgan fingerprint density at radius 1 is 1.04 bits per heavy atom. The van der Waals surface area contributed by atoms with Crippen LogP contribution in [0.4, 0.5) is 0 Å². The number of carbonyl (C=O) groups is 2. The summed E-state index contributed by atoms with van der Waals surface area (Å²) in [5.41, 5.74) is 0.559. The normalized spacial score (nSPS) is 18.0. The lowest BCUT2D eigenvalue weighted by atomic mass is 9.95. The van der Waals surface area contributed by atoms with Crippen LogP contribution in [0.3, 0.4) is 0 Å². The summed E-state index contributed by atoms with van der Waals surface area (Å²) in [7, 11) is 0. The molecule has 0 aliphatic carbocycles. The van der Waals surface area contributed by atoms with Crippen molar-refractivity contribution in [1.82, 2.24) is 9.80 Å². The molecule has 2 saturated heterocycles. The molecule has 3 rings (SSSR count). The molecular weight excluding hydrogens is 318 g/mol. The summed E-state index contributed by atoms with van der Waals surface area (Å²) in [6, 6.07) is 8.74. The molecule has 0 aromatic heterocycles. The van der Waals surface area contributed by atoms with E-state index in [2.05, 4.69) is 0 Å². The molecule has 0 atom stereocenters. The van der Waals surface area contributed by atoms with Gasteiger partial charge in [0.15, 0.2) is 6.61 Å². The van der Waals surface area contributed by atoms with Gasteiger partial charge in [-0.3, -0.25) is 9.59 Å². The van der Waals surface area contributed by atoms with Crippen LogP contribution < -0.4 is 4.74 Å². The number of nitriles is 1. The quantitative estimate of drug-likeness (QED) is 0.837. The van der Waals surface area contributed by atoms with Gasteiger partial charge in [-0.05, 0) is 49.9 Å². The first-order chi connectivity index (χ1) is 12.2. The molecule has 2 amide bonds. The molecule has 0 unspecified atom stereocenters. The monoisotopic (exact) mass is 341 g/mol. The van der Waals surface area contributed by atoms with Crippen LogP contribution in [0.1, 0.15) is 31.2 Å². The van der Waals surface area contributed by atoms with Crippen LogP contribution in [-0.4, -0.2) is 54.4 Å². The van der Waals surface area contributed by atoms with Crippen LogP contribution >= 0.6 is 0 Å². The zero-order chi connectivity index (χ0) is 17.6. The number of amides is 2. The Bertz CT molecular complexity index is 651. The third-order valence-electron chi connectivity index (χ3n) is 4.96. The van der Waals surface area contributed by atoms with E-state index in [1.54, 1.807) is 29.2 Å². The molecule has 1 aromatic carbocycles. The molecule has 0 bridgehead atoms. The van der Waals surface area contributed by atoms with Gasteiger partial charge in [-0.25, -0.2) is 0 Å². The molecule has 132 valence electrons. The second-order valence-corrected chi connectivity index (χ2v) is 6.61. The van der Waals surface area contributed by atoms with Gasteiger partial charge in [-0.1, -0.05) is 0 Å². The van der Waals surface area contributed by atoms with Crippen LogP contribution in [0.25, 0.3) is 0 Å². The van der Waals surface area contributed by atoms with Crippen molar-refractivity contribution in [1.29, 1.82) is 5.26 Å². The molecule has 0 saturated carbocycles. The highest BCUT2D eigenvalue weighted by Gasteiger charge is 2.31. The van der Waals surface area contributed by atoms with Crippen LogP contribution in [0.2, 0.25) is 0 Å². The van der Waals surface area contributed by atoms with Gasteiger partial charge >= 0.3 is 0 Å². The number of nitrogens with zero attached hydrogens (tertiary/aromatic N) is 3. The summed E-state index contributed by atoms with van der Waals surface area (Å²) >= 11 is 0. The van der Waals surface area contributed by atoms with E-state index >= 15 is 0 Å². The molecule has 2 aliphatic rings. The van der Waals surface area contributed by atoms with Crippen LogP contribution in [0, 0.1) is 17.2 Å². The Labute approximate surface area is 148 Å². The summed E-state index contributed by atoms with van der Waals surface area (Å²) < 4.78 is 5.50. The van der Waals surface area contributed by atoms with Crippen molar-refractivity contribution in [2.24, 2.45) is 5.92 Å². The Balaban J connectivity index is 1.43. The lowest BCUT2D eigenvalue weighted by molar-refractivity contribution is -0.140. The van der Waals surface area contributed by atoms with E-state index in [0.29, 0.717) is 24.4 Å². The number of likely N-dealkylation sites (tertiary alicyclic amines) is 2. The van der Waals surface area contributed by atoms with Crippen LogP contribution in [0.5, 0.6) is 5.75 Å². The van der Waals surface area contributed by atoms with E-state index in [0.717, 1.165) is 38.8 Å².